The molecule has 0 fully saturated rings. The number of aryl methyl sites for hydroxylation is 1. The monoisotopic (exact) mass is 287 g/mol. The van der Waals surface area contributed by atoms with E-state index in [4.69, 9.17) is 11.6 Å². The van der Waals surface area contributed by atoms with Gasteiger partial charge >= 0.3 is 5.97 Å². The van der Waals surface area contributed by atoms with Crippen LogP contribution in [0.25, 0.3) is 0 Å². The van der Waals surface area contributed by atoms with Crippen LogP contribution in [0.15, 0.2) is 12.4 Å². The highest BCUT2D eigenvalue weighted by atomic mass is 35.5. The fourth-order valence-corrected chi connectivity index (χ4v) is 2.38. The van der Waals surface area contributed by atoms with Crippen LogP contribution in [0.2, 0.25) is 5.02 Å². The van der Waals surface area contributed by atoms with Crippen molar-refractivity contribution in [1.82, 2.24) is 15.1 Å². The van der Waals surface area contributed by atoms with Crippen molar-refractivity contribution < 1.29 is 9.90 Å². The Labute approximate surface area is 118 Å². The van der Waals surface area contributed by atoms with E-state index in [-0.39, 0.29) is 6.04 Å². The van der Waals surface area contributed by atoms with Gasteiger partial charge in [-0.25, -0.2) is 0 Å². The maximum absolute atomic E-state index is 11.5. The van der Waals surface area contributed by atoms with Crippen LogP contribution in [0, 0.1) is 0 Å². The van der Waals surface area contributed by atoms with Crippen LogP contribution in [-0.2, 0) is 11.3 Å². The van der Waals surface area contributed by atoms with E-state index in [9.17, 15) is 9.90 Å². The normalized spacial score (nSPS) is 14.6. The zero-order valence-electron chi connectivity index (χ0n) is 11.7. The van der Waals surface area contributed by atoms with Crippen molar-refractivity contribution >= 4 is 17.6 Å². The number of carboxylic acids is 1. The lowest BCUT2D eigenvalue weighted by Gasteiger charge is -2.31. The Hall–Kier alpha value is -1.07. The van der Waals surface area contributed by atoms with Crippen molar-refractivity contribution in [2.75, 3.05) is 0 Å². The highest BCUT2D eigenvalue weighted by molar-refractivity contribution is 6.30. The molecule has 0 aromatic carbocycles. The molecule has 0 aliphatic heterocycles. The quantitative estimate of drug-likeness (QED) is 0.771. The molecule has 0 aliphatic carbocycles. The lowest BCUT2D eigenvalue weighted by Crippen LogP contribution is -2.54. The van der Waals surface area contributed by atoms with Crippen molar-refractivity contribution in [1.29, 1.82) is 0 Å². The van der Waals surface area contributed by atoms with Crippen molar-refractivity contribution in [2.45, 2.75) is 58.2 Å². The predicted octanol–water partition coefficient (Wildman–Crippen LogP) is 2.55. The minimum atomic E-state index is -0.856. The molecule has 5 nitrogen and oxygen atoms in total. The number of aliphatic carboxylic acids is 1. The standard InChI is InChI=1S/C13H22ClN3O2/c1-4-13(12(18)19,16-10(2)3)6-5-7-17-9-11(14)8-15-17/h8-10,16H,4-7H2,1-3H3,(H,18,19). The number of nitrogens with zero attached hydrogens (tertiary/aromatic N) is 2. The van der Waals surface area contributed by atoms with Crippen molar-refractivity contribution in [3.05, 3.63) is 17.4 Å². The van der Waals surface area contributed by atoms with Gasteiger partial charge in [0.25, 0.3) is 0 Å². The molecule has 1 atom stereocenters. The fraction of sp³-hybridized carbons (Fsp3) is 0.692. The molecule has 0 amide bonds. The van der Waals surface area contributed by atoms with Crippen molar-refractivity contribution in [2.24, 2.45) is 0 Å². The van der Waals surface area contributed by atoms with Gasteiger partial charge in [-0.3, -0.25) is 14.8 Å². The van der Waals surface area contributed by atoms with E-state index in [1.165, 1.54) is 0 Å². The lowest BCUT2D eigenvalue weighted by molar-refractivity contribution is -0.145. The van der Waals surface area contributed by atoms with Gasteiger partial charge in [-0.2, -0.15) is 5.10 Å². The smallest absolute Gasteiger partial charge is 0.323 e. The van der Waals surface area contributed by atoms with Crippen molar-refractivity contribution in [3.63, 3.8) is 0 Å². The second kappa shape index (κ2) is 6.91. The number of nitrogens with one attached hydrogen (secondary N) is 1. The van der Waals surface area contributed by atoms with E-state index in [1.54, 1.807) is 17.1 Å². The topological polar surface area (TPSA) is 67.2 Å². The zero-order valence-corrected chi connectivity index (χ0v) is 12.4. The summed E-state index contributed by atoms with van der Waals surface area (Å²) in [5.74, 6) is -0.790. The summed E-state index contributed by atoms with van der Waals surface area (Å²) in [6.07, 6.45) is 5.18. The first-order chi connectivity index (χ1) is 8.89. The SMILES string of the molecule is CCC(CCCn1cc(Cl)cn1)(NC(C)C)C(=O)O. The number of hydrogen-bond acceptors (Lipinski definition) is 3. The van der Waals surface area contributed by atoms with Gasteiger partial charge in [0, 0.05) is 18.8 Å². The van der Waals surface area contributed by atoms with E-state index in [2.05, 4.69) is 10.4 Å². The highest BCUT2D eigenvalue weighted by Gasteiger charge is 2.36. The second-order valence-electron chi connectivity index (χ2n) is 5.07. The molecule has 2 N–H and O–H groups in total. The first-order valence-electron chi connectivity index (χ1n) is 6.58. The molecular weight excluding hydrogens is 266 g/mol. The fourth-order valence-electron chi connectivity index (χ4n) is 2.23. The van der Waals surface area contributed by atoms with Crippen LogP contribution >= 0.6 is 11.6 Å². The van der Waals surface area contributed by atoms with E-state index in [0.29, 0.717) is 24.4 Å². The largest absolute Gasteiger partial charge is 0.480 e. The van der Waals surface area contributed by atoms with E-state index < -0.39 is 11.5 Å². The van der Waals surface area contributed by atoms with Crippen LogP contribution in [-0.4, -0.2) is 32.4 Å². The Morgan fingerprint density at radius 1 is 1.63 bits per heavy atom. The summed E-state index contributed by atoms with van der Waals surface area (Å²) >= 11 is 5.79. The number of hydrogen-bond donors (Lipinski definition) is 2. The molecule has 0 bridgehead atoms. The summed E-state index contributed by atoms with van der Waals surface area (Å²) in [4.78, 5) is 11.5. The minimum absolute atomic E-state index is 0.134. The molecular formula is C13H22ClN3O2. The van der Waals surface area contributed by atoms with E-state index in [1.807, 2.05) is 20.8 Å². The Balaban J connectivity index is 2.60. The zero-order chi connectivity index (χ0) is 14.5. The molecule has 1 aromatic rings. The van der Waals surface area contributed by atoms with Crippen LogP contribution in [0.1, 0.15) is 40.0 Å². The summed E-state index contributed by atoms with van der Waals surface area (Å²) in [6.45, 7) is 6.48. The summed E-state index contributed by atoms with van der Waals surface area (Å²) in [7, 11) is 0. The minimum Gasteiger partial charge on any atom is -0.480 e. The molecule has 0 saturated heterocycles. The van der Waals surface area contributed by atoms with Crippen LogP contribution in [0.5, 0.6) is 0 Å². The third-order valence-electron chi connectivity index (χ3n) is 3.17. The summed E-state index contributed by atoms with van der Waals surface area (Å²) in [5.41, 5.74) is -0.856. The number of carboxylic acid groups (broad SMARTS) is 1. The molecule has 1 heterocycles. The van der Waals surface area contributed by atoms with E-state index >= 15 is 0 Å². The molecule has 19 heavy (non-hydrogen) atoms. The number of halogens is 1. The first kappa shape index (κ1) is 16.0. The van der Waals surface area contributed by atoms with Gasteiger partial charge in [0.15, 0.2) is 0 Å². The maximum Gasteiger partial charge on any atom is 0.323 e. The van der Waals surface area contributed by atoms with Crippen molar-refractivity contribution in [3.8, 4) is 0 Å². The Morgan fingerprint density at radius 2 is 2.32 bits per heavy atom. The highest BCUT2D eigenvalue weighted by Crippen LogP contribution is 2.20. The molecule has 6 heteroatoms. The average molecular weight is 288 g/mol. The molecule has 1 rings (SSSR count). The molecule has 1 aromatic heterocycles. The third-order valence-corrected chi connectivity index (χ3v) is 3.37. The van der Waals surface area contributed by atoms with Gasteiger partial charge in [0.05, 0.1) is 11.2 Å². The van der Waals surface area contributed by atoms with Crippen LogP contribution < -0.4 is 5.32 Å². The van der Waals surface area contributed by atoms with Gasteiger partial charge < -0.3 is 5.11 Å². The van der Waals surface area contributed by atoms with Gasteiger partial charge in [-0.05, 0) is 33.1 Å². The van der Waals surface area contributed by atoms with Crippen LogP contribution in [0.4, 0.5) is 0 Å². The number of carbonyl (C=O) groups is 1. The molecule has 0 saturated carbocycles. The summed E-state index contributed by atoms with van der Waals surface area (Å²) in [6, 6.07) is 0.134. The van der Waals surface area contributed by atoms with Gasteiger partial charge in [-0.1, -0.05) is 18.5 Å². The third kappa shape index (κ3) is 4.51. The van der Waals surface area contributed by atoms with Crippen LogP contribution in [0.3, 0.4) is 0 Å². The number of aromatic nitrogens is 2. The second-order valence-corrected chi connectivity index (χ2v) is 5.50. The molecule has 108 valence electrons. The summed E-state index contributed by atoms with van der Waals surface area (Å²) in [5, 5.41) is 17.3. The first-order valence-corrected chi connectivity index (χ1v) is 6.96. The Bertz CT molecular complexity index is 420. The van der Waals surface area contributed by atoms with Gasteiger partial charge in [-0.15, -0.1) is 0 Å². The lowest BCUT2D eigenvalue weighted by atomic mass is 9.89. The van der Waals surface area contributed by atoms with Gasteiger partial charge in [0.2, 0.25) is 0 Å². The maximum atomic E-state index is 11.5. The Morgan fingerprint density at radius 3 is 2.74 bits per heavy atom. The molecule has 1 unspecified atom stereocenters. The molecule has 0 spiro atoms. The number of rotatable bonds is 8. The van der Waals surface area contributed by atoms with Gasteiger partial charge in [0.1, 0.15) is 5.54 Å². The molecule has 0 aliphatic rings. The molecule has 0 radical (unpaired) electrons. The Kier molecular flexibility index (Phi) is 5.82. The van der Waals surface area contributed by atoms with E-state index in [0.717, 1.165) is 6.42 Å². The predicted molar refractivity (Wildman–Crippen MR) is 75.4 cm³/mol. The average Bonchev–Trinajstić information content (AvgIpc) is 2.73. The summed E-state index contributed by atoms with van der Waals surface area (Å²) < 4.78 is 1.74.